The van der Waals surface area contributed by atoms with Crippen molar-refractivity contribution in [1.29, 1.82) is 0 Å². The minimum Gasteiger partial charge on any atom is -0.480 e. The van der Waals surface area contributed by atoms with Crippen LogP contribution in [0.1, 0.15) is 0 Å². The van der Waals surface area contributed by atoms with Gasteiger partial charge in [-0.15, -0.1) is 4.91 Å². The van der Waals surface area contributed by atoms with E-state index >= 15 is 0 Å². The first-order valence-corrected chi connectivity index (χ1v) is 5.94. The normalized spacial score (nSPS) is 12.2. The molecule has 2 rings (SSSR count). The van der Waals surface area contributed by atoms with Gasteiger partial charge in [-0.2, -0.15) is 4.98 Å². The number of anilines is 1. The Balaban J connectivity index is 2.14. The van der Waals surface area contributed by atoms with Gasteiger partial charge in [-0.1, -0.05) is 12.1 Å². The molecular formula is C10H9N3O4S. The quantitative estimate of drug-likeness (QED) is 0.610. The number of fused-ring (bicyclic) bond motifs is 1. The number of benzene rings is 1. The Labute approximate surface area is 106 Å². The van der Waals surface area contributed by atoms with Crippen LogP contribution in [0.4, 0.5) is 6.01 Å². The summed E-state index contributed by atoms with van der Waals surface area (Å²) in [6, 6.07) is 6.19. The zero-order valence-electron chi connectivity index (χ0n) is 9.07. The van der Waals surface area contributed by atoms with Gasteiger partial charge in [0.05, 0.1) is 0 Å². The average Bonchev–Trinajstić information content (AvgIpc) is 2.76. The number of nitrogens with one attached hydrogen (secondary N) is 1. The van der Waals surface area contributed by atoms with E-state index in [4.69, 9.17) is 9.52 Å². The van der Waals surface area contributed by atoms with Crippen LogP contribution < -0.4 is 5.32 Å². The number of para-hydroxylation sites is 2. The number of nitrogens with zero attached hydrogens (tertiary/aromatic N) is 2. The summed E-state index contributed by atoms with van der Waals surface area (Å²) in [4.78, 5) is 25.0. The van der Waals surface area contributed by atoms with E-state index in [1.807, 2.05) is 0 Å². The maximum atomic E-state index is 10.9. The molecule has 1 atom stereocenters. The smallest absolute Gasteiger partial charge is 0.327 e. The van der Waals surface area contributed by atoms with Gasteiger partial charge in [-0.3, -0.25) is 0 Å². The molecule has 0 unspecified atom stereocenters. The van der Waals surface area contributed by atoms with Crippen molar-refractivity contribution in [3.63, 3.8) is 0 Å². The molecule has 0 fully saturated rings. The van der Waals surface area contributed by atoms with Gasteiger partial charge in [-0.25, -0.2) is 4.79 Å². The lowest BCUT2D eigenvalue weighted by Crippen LogP contribution is -2.31. The fourth-order valence-electron chi connectivity index (χ4n) is 1.36. The molecular weight excluding hydrogens is 258 g/mol. The highest BCUT2D eigenvalue weighted by Crippen LogP contribution is 2.19. The standard InChI is InChI=1S/C10H9N3O4S/c14-9(15)7(5-18-13-16)12-10-11-6-3-1-2-4-8(6)17-10/h1-4,7H,5H2,(H,11,12)(H,14,15)/t7-/m0/s1. The predicted molar refractivity (Wildman–Crippen MR) is 67.3 cm³/mol. The maximum absolute atomic E-state index is 10.9. The number of aromatic nitrogens is 1. The van der Waals surface area contributed by atoms with Crippen LogP contribution in [-0.4, -0.2) is 27.9 Å². The molecule has 0 aliphatic carbocycles. The van der Waals surface area contributed by atoms with Gasteiger partial charge in [0, 0.05) is 22.3 Å². The molecule has 1 aromatic carbocycles. The lowest BCUT2D eigenvalue weighted by Gasteiger charge is -2.09. The summed E-state index contributed by atoms with van der Waals surface area (Å²) in [5.74, 6) is -1.11. The summed E-state index contributed by atoms with van der Waals surface area (Å²) < 4.78 is 7.88. The Morgan fingerprint density at radius 2 is 2.33 bits per heavy atom. The zero-order valence-corrected chi connectivity index (χ0v) is 9.88. The number of hydrogen-bond acceptors (Lipinski definition) is 7. The minimum absolute atomic E-state index is 0.00242. The molecule has 0 bridgehead atoms. The lowest BCUT2D eigenvalue weighted by atomic mass is 10.3. The molecule has 0 saturated carbocycles. The summed E-state index contributed by atoms with van der Waals surface area (Å²) in [5, 5.41) is 11.6. The number of aliphatic carboxylic acids is 1. The largest absolute Gasteiger partial charge is 0.480 e. The first kappa shape index (κ1) is 12.4. The second kappa shape index (κ2) is 5.50. The van der Waals surface area contributed by atoms with Crippen LogP contribution in [0.3, 0.4) is 0 Å². The third kappa shape index (κ3) is 2.77. The Bertz CT molecular complexity index is 538. The summed E-state index contributed by atoms with van der Waals surface area (Å²) in [6.45, 7) is 0. The third-order valence-electron chi connectivity index (χ3n) is 2.18. The zero-order chi connectivity index (χ0) is 13.0. The van der Waals surface area contributed by atoms with E-state index in [-0.39, 0.29) is 11.8 Å². The van der Waals surface area contributed by atoms with E-state index in [0.29, 0.717) is 23.0 Å². The monoisotopic (exact) mass is 267 g/mol. The number of nitroso groups, excluding NO2 is 1. The van der Waals surface area contributed by atoms with Gasteiger partial charge in [-0.05, 0) is 12.1 Å². The topological polar surface area (TPSA) is 105 Å². The first-order valence-electron chi connectivity index (χ1n) is 5.00. The number of carbonyl (C=O) groups is 1. The van der Waals surface area contributed by atoms with E-state index in [1.54, 1.807) is 24.3 Å². The molecule has 8 heteroatoms. The summed E-state index contributed by atoms with van der Waals surface area (Å²) in [5.41, 5.74) is 1.19. The van der Waals surface area contributed by atoms with Crippen molar-refractivity contribution < 1.29 is 14.3 Å². The van der Waals surface area contributed by atoms with Crippen molar-refractivity contribution >= 4 is 35.0 Å². The highest BCUT2D eigenvalue weighted by molar-refractivity contribution is 7.97. The number of carboxylic acids is 1. The molecule has 0 amide bonds. The molecule has 0 saturated heterocycles. The molecule has 7 nitrogen and oxygen atoms in total. The maximum Gasteiger partial charge on any atom is 0.327 e. The van der Waals surface area contributed by atoms with Gasteiger partial charge in [0.15, 0.2) is 5.58 Å². The van der Waals surface area contributed by atoms with E-state index in [0.717, 1.165) is 0 Å². The fourth-order valence-corrected chi connectivity index (χ4v) is 1.80. The molecule has 18 heavy (non-hydrogen) atoms. The Morgan fingerprint density at radius 1 is 1.56 bits per heavy atom. The van der Waals surface area contributed by atoms with Crippen LogP contribution in [-0.2, 0) is 4.79 Å². The third-order valence-corrected chi connectivity index (χ3v) is 2.77. The predicted octanol–water partition coefficient (Wildman–Crippen LogP) is 2.11. The van der Waals surface area contributed by atoms with Crippen LogP contribution in [0.5, 0.6) is 0 Å². The number of carboxylic acid groups (broad SMARTS) is 1. The van der Waals surface area contributed by atoms with Crippen molar-refractivity contribution in [3.8, 4) is 0 Å². The van der Waals surface area contributed by atoms with Gasteiger partial charge in [0.2, 0.25) is 0 Å². The second-order valence-corrected chi connectivity index (χ2v) is 4.13. The molecule has 0 spiro atoms. The van der Waals surface area contributed by atoms with E-state index in [1.165, 1.54) is 0 Å². The van der Waals surface area contributed by atoms with Crippen LogP contribution in [0.25, 0.3) is 11.1 Å². The minimum atomic E-state index is -1.10. The Kier molecular flexibility index (Phi) is 3.78. The molecule has 2 N–H and O–H groups in total. The van der Waals surface area contributed by atoms with Gasteiger partial charge >= 0.3 is 5.97 Å². The van der Waals surface area contributed by atoms with Crippen LogP contribution in [0.2, 0.25) is 0 Å². The number of rotatable bonds is 6. The first-order chi connectivity index (χ1) is 8.70. The highest BCUT2D eigenvalue weighted by atomic mass is 32.2. The van der Waals surface area contributed by atoms with Crippen molar-refractivity contribution in [2.24, 2.45) is 4.58 Å². The fraction of sp³-hybridized carbons (Fsp3) is 0.200. The van der Waals surface area contributed by atoms with E-state index < -0.39 is 12.0 Å². The van der Waals surface area contributed by atoms with Crippen molar-refractivity contribution in [2.45, 2.75) is 6.04 Å². The highest BCUT2D eigenvalue weighted by Gasteiger charge is 2.20. The SMILES string of the molecule is O=NSC[C@H](Nc1nc2ccccc2o1)C(=O)O. The van der Waals surface area contributed by atoms with Crippen molar-refractivity contribution in [1.82, 2.24) is 4.98 Å². The van der Waals surface area contributed by atoms with Crippen molar-refractivity contribution in [2.75, 3.05) is 11.1 Å². The van der Waals surface area contributed by atoms with Crippen LogP contribution in [0, 0.1) is 4.91 Å². The Hall–Kier alpha value is -2.09. The molecule has 0 aliphatic rings. The number of hydrogen-bond donors (Lipinski definition) is 2. The van der Waals surface area contributed by atoms with Crippen molar-refractivity contribution in [3.05, 3.63) is 29.2 Å². The summed E-state index contributed by atoms with van der Waals surface area (Å²) in [6.07, 6.45) is 0. The lowest BCUT2D eigenvalue weighted by molar-refractivity contribution is -0.137. The van der Waals surface area contributed by atoms with Crippen LogP contribution >= 0.6 is 11.9 Å². The molecule has 1 heterocycles. The molecule has 2 aromatic rings. The molecule has 94 valence electrons. The summed E-state index contributed by atoms with van der Waals surface area (Å²) >= 11 is 0.627. The van der Waals surface area contributed by atoms with Gasteiger partial charge < -0.3 is 14.8 Å². The summed E-state index contributed by atoms with van der Waals surface area (Å²) in [7, 11) is 0. The van der Waals surface area contributed by atoms with Gasteiger partial charge in [0.1, 0.15) is 11.6 Å². The number of oxazole rings is 1. The average molecular weight is 267 g/mol. The van der Waals surface area contributed by atoms with E-state index in [2.05, 4.69) is 14.9 Å². The Morgan fingerprint density at radius 3 is 3.00 bits per heavy atom. The van der Waals surface area contributed by atoms with Gasteiger partial charge in [0.25, 0.3) is 6.01 Å². The molecule has 0 aliphatic heterocycles. The van der Waals surface area contributed by atoms with E-state index in [9.17, 15) is 9.70 Å². The van der Waals surface area contributed by atoms with Crippen LogP contribution in [0.15, 0.2) is 33.3 Å². The second-order valence-electron chi connectivity index (χ2n) is 3.39. The molecule has 1 aromatic heterocycles. The molecule has 0 radical (unpaired) electrons.